The summed E-state index contributed by atoms with van der Waals surface area (Å²) in [7, 11) is 0. The molecule has 22 heavy (non-hydrogen) atoms. The van der Waals surface area contributed by atoms with Crippen molar-refractivity contribution in [3.63, 3.8) is 0 Å². The summed E-state index contributed by atoms with van der Waals surface area (Å²) < 4.78 is 5.52. The van der Waals surface area contributed by atoms with E-state index >= 15 is 0 Å². The molecule has 2 N–H and O–H groups in total. The third-order valence-electron chi connectivity index (χ3n) is 3.65. The average molecular weight is 322 g/mol. The molecule has 0 radical (unpaired) electrons. The number of aliphatic hydroxyl groups is 1. The van der Waals surface area contributed by atoms with Crippen LogP contribution in [-0.4, -0.2) is 28.6 Å². The maximum atomic E-state index is 11.9. The molecular formula is C16H22N2O3S. The van der Waals surface area contributed by atoms with E-state index < -0.39 is 6.10 Å². The molecule has 0 spiro atoms. The lowest BCUT2D eigenvalue weighted by molar-refractivity contribution is -0.121. The highest BCUT2D eigenvalue weighted by atomic mass is 32.1. The van der Waals surface area contributed by atoms with Crippen molar-refractivity contribution in [2.45, 2.75) is 39.7 Å². The van der Waals surface area contributed by atoms with Crippen LogP contribution in [0.2, 0.25) is 0 Å². The van der Waals surface area contributed by atoms with Crippen LogP contribution in [0.1, 0.15) is 31.7 Å². The number of hydrogen-bond donors (Lipinski definition) is 2. The average Bonchev–Trinajstić information content (AvgIpc) is 3.12. The Balaban J connectivity index is 1.86. The van der Waals surface area contributed by atoms with E-state index in [4.69, 9.17) is 4.42 Å². The van der Waals surface area contributed by atoms with Crippen molar-refractivity contribution in [1.82, 2.24) is 10.3 Å². The molecule has 1 amide bonds. The highest BCUT2D eigenvalue weighted by Gasteiger charge is 2.15. The fraction of sp³-hybridized carbons (Fsp3) is 0.500. The van der Waals surface area contributed by atoms with Crippen molar-refractivity contribution in [3.05, 3.63) is 29.0 Å². The SMILES string of the molecule is CCC(C)C(O)CNC(=O)Cc1csc(-c2ccc(C)o2)n1. The third kappa shape index (κ3) is 4.42. The van der Waals surface area contributed by atoms with Crippen LogP contribution in [0.3, 0.4) is 0 Å². The molecule has 2 atom stereocenters. The normalized spacial score (nSPS) is 13.8. The molecule has 0 aliphatic heterocycles. The van der Waals surface area contributed by atoms with Crippen molar-refractivity contribution in [3.8, 4) is 10.8 Å². The zero-order valence-corrected chi connectivity index (χ0v) is 13.9. The fourth-order valence-electron chi connectivity index (χ4n) is 1.97. The maximum absolute atomic E-state index is 11.9. The minimum Gasteiger partial charge on any atom is -0.459 e. The van der Waals surface area contributed by atoms with Crippen molar-refractivity contribution >= 4 is 17.2 Å². The molecule has 0 aromatic carbocycles. The van der Waals surface area contributed by atoms with Gasteiger partial charge in [0, 0.05) is 11.9 Å². The van der Waals surface area contributed by atoms with Crippen LogP contribution < -0.4 is 5.32 Å². The number of amides is 1. The number of furan rings is 1. The van der Waals surface area contributed by atoms with Gasteiger partial charge in [0.2, 0.25) is 5.91 Å². The monoisotopic (exact) mass is 322 g/mol. The zero-order valence-electron chi connectivity index (χ0n) is 13.1. The topological polar surface area (TPSA) is 75.4 Å². The first-order valence-corrected chi connectivity index (χ1v) is 8.33. The standard InChI is InChI=1S/C16H22N2O3S/c1-4-10(2)13(19)8-17-15(20)7-12-9-22-16(18-12)14-6-5-11(3)21-14/h5-6,9-10,13,19H,4,7-8H2,1-3H3,(H,17,20). The Morgan fingerprint density at radius 3 is 2.91 bits per heavy atom. The Hall–Kier alpha value is -1.66. The number of aromatic nitrogens is 1. The zero-order chi connectivity index (χ0) is 16.1. The van der Waals surface area contributed by atoms with Crippen molar-refractivity contribution in [2.24, 2.45) is 5.92 Å². The highest BCUT2D eigenvalue weighted by Crippen LogP contribution is 2.25. The molecule has 5 nitrogen and oxygen atoms in total. The minimum absolute atomic E-state index is 0.130. The van der Waals surface area contributed by atoms with E-state index in [1.807, 2.05) is 38.3 Å². The Labute approximate surface area is 134 Å². The molecule has 2 rings (SSSR count). The van der Waals surface area contributed by atoms with Crippen molar-refractivity contribution in [1.29, 1.82) is 0 Å². The van der Waals surface area contributed by atoms with Crippen LogP contribution in [-0.2, 0) is 11.2 Å². The second kappa shape index (κ2) is 7.56. The van der Waals surface area contributed by atoms with Crippen LogP contribution >= 0.6 is 11.3 Å². The molecule has 6 heteroatoms. The molecule has 0 fully saturated rings. The minimum atomic E-state index is -0.508. The van der Waals surface area contributed by atoms with Gasteiger partial charge in [0.25, 0.3) is 0 Å². The van der Waals surface area contributed by atoms with Gasteiger partial charge in [-0.2, -0.15) is 0 Å². The second-order valence-corrected chi connectivity index (χ2v) is 6.35. The van der Waals surface area contributed by atoms with Crippen LogP contribution in [0, 0.1) is 12.8 Å². The molecule has 2 heterocycles. The molecular weight excluding hydrogens is 300 g/mol. The lowest BCUT2D eigenvalue weighted by Crippen LogP contribution is -2.36. The second-order valence-electron chi connectivity index (χ2n) is 5.49. The first-order chi connectivity index (χ1) is 10.5. The van der Waals surface area contributed by atoms with Gasteiger partial charge in [0.05, 0.1) is 18.2 Å². The smallest absolute Gasteiger partial charge is 0.226 e. The van der Waals surface area contributed by atoms with Crippen LogP contribution in [0.4, 0.5) is 0 Å². The highest BCUT2D eigenvalue weighted by molar-refractivity contribution is 7.13. The molecule has 0 aliphatic carbocycles. The Bertz CT molecular complexity index is 620. The third-order valence-corrected chi connectivity index (χ3v) is 4.56. The van der Waals surface area contributed by atoms with E-state index in [1.165, 1.54) is 11.3 Å². The van der Waals surface area contributed by atoms with Gasteiger partial charge in [-0.1, -0.05) is 20.3 Å². The Morgan fingerprint density at radius 1 is 1.50 bits per heavy atom. The van der Waals surface area contributed by atoms with Gasteiger partial charge in [-0.3, -0.25) is 4.79 Å². The molecule has 0 saturated carbocycles. The molecule has 2 aromatic heterocycles. The predicted octanol–water partition coefficient (Wildman–Crippen LogP) is 2.78. The number of carbonyl (C=O) groups is 1. The van der Waals surface area contributed by atoms with Gasteiger partial charge in [-0.15, -0.1) is 11.3 Å². The molecule has 120 valence electrons. The largest absolute Gasteiger partial charge is 0.459 e. The number of nitrogens with zero attached hydrogens (tertiary/aromatic N) is 1. The lowest BCUT2D eigenvalue weighted by Gasteiger charge is -2.17. The van der Waals surface area contributed by atoms with Crippen LogP contribution in [0.5, 0.6) is 0 Å². The number of aryl methyl sites for hydroxylation is 1. The van der Waals surface area contributed by atoms with Gasteiger partial charge in [0.1, 0.15) is 5.76 Å². The van der Waals surface area contributed by atoms with E-state index in [2.05, 4.69) is 10.3 Å². The van der Waals surface area contributed by atoms with Gasteiger partial charge in [-0.25, -0.2) is 4.98 Å². The van der Waals surface area contributed by atoms with Crippen LogP contribution in [0.25, 0.3) is 10.8 Å². The molecule has 0 bridgehead atoms. The van der Waals surface area contributed by atoms with Gasteiger partial charge in [0.15, 0.2) is 10.8 Å². The van der Waals surface area contributed by atoms with Crippen LogP contribution in [0.15, 0.2) is 21.9 Å². The summed E-state index contributed by atoms with van der Waals surface area (Å²) in [5, 5.41) is 15.2. The van der Waals surface area contributed by atoms with Crippen molar-refractivity contribution < 1.29 is 14.3 Å². The van der Waals surface area contributed by atoms with E-state index in [0.29, 0.717) is 5.69 Å². The maximum Gasteiger partial charge on any atom is 0.226 e. The number of aliphatic hydroxyl groups excluding tert-OH is 1. The lowest BCUT2D eigenvalue weighted by atomic mass is 10.0. The Morgan fingerprint density at radius 2 is 2.27 bits per heavy atom. The number of rotatable bonds is 7. The number of nitrogens with one attached hydrogen (secondary N) is 1. The first kappa shape index (κ1) is 16.7. The van der Waals surface area contributed by atoms with E-state index in [-0.39, 0.29) is 24.8 Å². The summed E-state index contributed by atoms with van der Waals surface area (Å²) in [6, 6.07) is 3.76. The summed E-state index contributed by atoms with van der Waals surface area (Å²) in [5.41, 5.74) is 0.713. The number of hydrogen-bond acceptors (Lipinski definition) is 5. The Kier molecular flexibility index (Phi) is 5.74. The summed E-state index contributed by atoms with van der Waals surface area (Å²) in [4.78, 5) is 16.3. The van der Waals surface area contributed by atoms with E-state index in [0.717, 1.165) is 22.9 Å². The quantitative estimate of drug-likeness (QED) is 0.822. The fourth-order valence-corrected chi connectivity index (χ4v) is 2.75. The van der Waals surface area contributed by atoms with Gasteiger partial charge < -0.3 is 14.8 Å². The van der Waals surface area contributed by atoms with Gasteiger partial charge in [-0.05, 0) is 25.0 Å². The summed E-state index contributed by atoms with van der Waals surface area (Å²) in [6.45, 7) is 6.15. The number of carbonyl (C=O) groups excluding carboxylic acids is 1. The molecule has 0 aliphatic rings. The van der Waals surface area contributed by atoms with Crippen molar-refractivity contribution in [2.75, 3.05) is 6.54 Å². The molecule has 2 aromatic rings. The first-order valence-electron chi connectivity index (χ1n) is 7.45. The predicted molar refractivity (Wildman–Crippen MR) is 86.7 cm³/mol. The summed E-state index contributed by atoms with van der Waals surface area (Å²) >= 11 is 1.46. The molecule has 0 saturated heterocycles. The summed E-state index contributed by atoms with van der Waals surface area (Å²) in [6.07, 6.45) is 0.587. The van der Waals surface area contributed by atoms with E-state index in [9.17, 15) is 9.90 Å². The van der Waals surface area contributed by atoms with Gasteiger partial charge >= 0.3 is 0 Å². The number of thiazole rings is 1. The molecule has 2 unspecified atom stereocenters. The van der Waals surface area contributed by atoms with E-state index in [1.54, 1.807) is 0 Å². The summed E-state index contributed by atoms with van der Waals surface area (Å²) in [5.74, 6) is 1.60.